The lowest BCUT2D eigenvalue weighted by Gasteiger charge is -2.16. The Morgan fingerprint density at radius 1 is 1.24 bits per heavy atom. The number of unbranched alkanes of at least 4 members (excludes halogenated alkanes) is 1. The van der Waals surface area contributed by atoms with Gasteiger partial charge in [0, 0.05) is 11.9 Å². The molecule has 0 N–H and O–H groups in total. The number of halogens is 2. The second-order valence-corrected chi connectivity index (χ2v) is 6.40. The summed E-state index contributed by atoms with van der Waals surface area (Å²) in [4.78, 5) is 6.72. The second kappa shape index (κ2) is 8.47. The number of aryl methyl sites for hydroxylation is 1. The molecule has 0 radical (unpaired) electrons. The first kappa shape index (κ1) is 16.4. The molecule has 1 aromatic heterocycles. The molecule has 0 bridgehead atoms. The molecule has 1 heterocycles. The van der Waals surface area contributed by atoms with Gasteiger partial charge in [-0.05, 0) is 50.6 Å². The molecule has 0 amide bonds. The van der Waals surface area contributed by atoms with E-state index in [9.17, 15) is 4.39 Å². The van der Waals surface area contributed by atoms with Gasteiger partial charge in [0.25, 0.3) is 0 Å². The minimum Gasteiger partial charge on any atom is -0.302 e. The van der Waals surface area contributed by atoms with E-state index in [-0.39, 0.29) is 5.82 Å². The third kappa shape index (κ3) is 5.73. The van der Waals surface area contributed by atoms with E-state index < -0.39 is 0 Å². The van der Waals surface area contributed by atoms with Gasteiger partial charge in [-0.3, -0.25) is 0 Å². The molecule has 114 valence electrons. The predicted molar refractivity (Wildman–Crippen MR) is 87.3 cm³/mol. The van der Waals surface area contributed by atoms with Crippen molar-refractivity contribution in [3.05, 3.63) is 51.7 Å². The van der Waals surface area contributed by atoms with Crippen molar-refractivity contribution in [2.45, 2.75) is 31.7 Å². The third-order valence-corrected chi connectivity index (χ3v) is 4.51. The van der Waals surface area contributed by atoms with Crippen molar-refractivity contribution < 1.29 is 4.39 Å². The van der Waals surface area contributed by atoms with Crippen molar-refractivity contribution >= 4 is 22.9 Å². The van der Waals surface area contributed by atoms with Gasteiger partial charge in [0.05, 0.1) is 16.6 Å². The van der Waals surface area contributed by atoms with Gasteiger partial charge in [0.2, 0.25) is 0 Å². The van der Waals surface area contributed by atoms with Crippen LogP contribution in [-0.2, 0) is 18.8 Å². The van der Waals surface area contributed by atoms with Crippen molar-refractivity contribution in [1.29, 1.82) is 0 Å². The Kier molecular flexibility index (Phi) is 6.61. The van der Waals surface area contributed by atoms with E-state index >= 15 is 0 Å². The normalized spacial score (nSPS) is 11.2. The van der Waals surface area contributed by atoms with Gasteiger partial charge in [-0.15, -0.1) is 22.9 Å². The second-order valence-electron chi connectivity index (χ2n) is 5.19. The van der Waals surface area contributed by atoms with Crippen LogP contribution < -0.4 is 0 Å². The van der Waals surface area contributed by atoms with E-state index in [1.54, 1.807) is 11.3 Å². The Bertz CT molecular complexity index is 541. The lowest BCUT2D eigenvalue weighted by Crippen LogP contribution is -2.19. The topological polar surface area (TPSA) is 16.1 Å². The number of thiazole rings is 1. The van der Waals surface area contributed by atoms with Gasteiger partial charge in [0.1, 0.15) is 5.82 Å². The fourth-order valence-electron chi connectivity index (χ4n) is 2.16. The molecule has 0 saturated heterocycles. The molecule has 0 fully saturated rings. The Balaban J connectivity index is 1.64. The highest BCUT2D eigenvalue weighted by Crippen LogP contribution is 2.14. The van der Waals surface area contributed by atoms with Crippen LogP contribution in [0.4, 0.5) is 4.39 Å². The quantitative estimate of drug-likeness (QED) is 0.525. The molecule has 1 aromatic carbocycles. The van der Waals surface area contributed by atoms with Crippen molar-refractivity contribution in [3.8, 4) is 0 Å². The molecule has 0 saturated carbocycles. The number of hydrogen-bond acceptors (Lipinski definition) is 3. The van der Waals surface area contributed by atoms with Crippen molar-refractivity contribution in [1.82, 2.24) is 9.88 Å². The lowest BCUT2D eigenvalue weighted by atomic mass is 10.2. The van der Waals surface area contributed by atoms with Gasteiger partial charge in [0.15, 0.2) is 0 Å². The number of alkyl halides is 1. The maximum Gasteiger partial charge on any atom is 0.123 e. The molecule has 0 unspecified atom stereocenters. The van der Waals surface area contributed by atoms with E-state index in [1.165, 1.54) is 17.1 Å². The summed E-state index contributed by atoms with van der Waals surface area (Å²) in [6.45, 7) is 1.89. The average molecular weight is 327 g/mol. The first-order chi connectivity index (χ1) is 10.2. The fourth-order valence-corrected chi connectivity index (χ4v) is 3.23. The van der Waals surface area contributed by atoms with Crippen molar-refractivity contribution in [2.75, 3.05) is 13.6 Å². The van der Waals surface area contributed by atoms with Gasteiger partial charge in [-0.2, -0.15) is 0 Å². The summed E-state index contributed by atoms with van der Waals surface area (Å²) < 4.78 is 12.8. The standard InChI is InChI=1S/C16H20ClFN2S/c1-20(11-13-5-7-14(18)8-6-13)9-3-2-4-16-19-15(10-17)12-21-16/h5-8,12H,2-4,9-11H2,1H3. The van der Waals surface area contributed by atoms with E-state index in [2.05, 4.69) is 16.9 Å². The molecule has 0 spiro atoms. The van der Waals surface area contributed by atoms with Crippen LogP contribution in [0.2, 0.25) is 0 Å². The molecule has 2 aromatic rings. The van der Waals surface area contributed by atoms with Crippen LogP contribution in [0.3, 0.4) is 0 Å². The minimum absolute atomic E-state index is 0.179. The van der Waals surface area contributed by atoms with Crippen LogP contribution in [0, 0.1) is 5.82 Å². The first-order valence-corrected chi connectivity index (χ1v) is 8.51. The summed E-state index contributed by atoms with van der Waals surface area (Å²) in [5, 5.41) is 3.20. The molecule has 2 nitrogen and oxygen atoms in total. The SMILES string of the molecule is CN(CCCCc1nc(CCl)cs1)Cc1ccc(F)cc1. The first-order valence-electron chi connectivity index (χ1n) is 7.09. The molecule has 0 aliphatic carbocycles. The highest BCUT2D eigenvalue weighted by atomic mass is 35.5. The Morgan fingerprint density at radius 3 is 2.67 bits per heavy atom. The van der Waals surface area contributed by atoms with Gasteiger partial charge < -0.3 is 4.90 Å². The zero-order valence-corrected chi connectivity index (χ0v) is 13.8. The zero-order chi connectivity index (χ0) is 15.1. The van der Waals surface area contributed by atoms with Crippen molar-refractivity contribution in [3.63, 3.8) is 0 Å². The van der Waals surface area contributed by atoms with Gasteiger partial charge >= 0.3 is 0 Å². The maximum atomic E-state index is 12.8. The fraction of sp³-hybridized carbons (Fsp3) is 0.438. The molecule has 0 atom stereocenters. The largest absolute Gasteiger partial charge is 0.302 e. The minimum atomic E-state index is -0.179. The van der Waals surface area contributed by atoms with Crippen LogP contribution >= 0.6 is 22.9 Å². The highest BCUT2D eigenvalue weighted by molar-refractivity contribution is 7.09. The van der Waals surface area contributed by atoms with Crippen LogP contribution in [-0.4, -0.2) is 23.5 Å². The average Bonchev–Trinajstić information content (AvgIpc) is 2.94. The summed E-state index contributed by atoms with van der Waals surface area (Å²) in [6, 6.07) is 6.71. The van der Waals surface area contributed by atoms with Crippen LogP contribution in [0.25, 0.3) is 0 Å². The molecule has 5 heteroatoms. The lowest BCUT2D eigenvalue weighted by molar-refractivity contribution is 0.318. The van der Waals surface area contributed by atoms with Crippen molar-refractivity contribution in [2.24, 2.45) is 0 Å². The number of benzene rings is 1. The molecule has 21 heavy (non-hydrogen) atoms. The summed E-state index contributed by atoms with van der Waals surface area (Å²) in [7, 11) is 2.10. The highest BCUT2D eigenvalue weighted by Gasteiger charge is 2.03. The summed E-state index contributed by atoms with van der Waals surface area (Å²) in [6.07, 6.45) is 3.28. The Hall–Kier alpha value is -0.970. The molecule has 0 aliphatic rings. The van der Waals surface area contributed by atoms with Crippen LogP contribution in [0.5, 0.6) is 0 Å². The van der Waals surface area contributed by atoms with E-state index in [4.69, 9.17) is 11.6 Å². The Labute approximate surface area is 134 Å². The summed E-state index contributed by atoms with van der Waals surface area (Å²) in [5.74, 6) is 0.317. The summed E-state index contributed by atoms with van der Waals surface area (Å²) >= 11 is 7.44. The smallest absolute Gasteiger partial charge is 0.123 e. The molecule has 2 rings (SSSR count). The van der Waals surface area contributed by atoms with Gasteiger partial charge in [-0.25, -0.2) is 9.37 Å². The number of nitrogens with zero attached hydrogens (tertiary/aromatic N) is 2. The van der Waals surface area contributed by atoms with E-state index in [1.807, 2.05) is 17.5 Å². The summed E-state index contributed by atoms with van der Waals surface area (Å²) in [5.41, 5.74) is 2.12. The molecular weight excluding hydrogens is 307 g/mol. The van der Waals surface area contributed by atoms with Crippen LogP contribution in [0.15, 0.2) is 29.6 Å². The maximum absolute atomic E-state index is 12.8. The monoisotopic (exact) mass is 326 g/mol. The van der Waals surface area contributed by atoms with E-state index in [0.29, 0.717) is 5.88 Å². The number of aromatic nitrogens is 1. The van der Waals surface area contributed by atoms with Crippen LogP contribution in [0.1, 0.15) is 29.1 Å². The molecule has 0 aliphatic heterocycles. The number of hydrogen-bond donors (Lipinski definition) is 0. The number of rotatable bonds is 8. The molecular formula is C16H20ClFN2S. The van der Waals surface area contributed by atoms with Gasteiger partial charge in [-0.1, -0.05) is 12.1 Å². The Morgan fingerprint density at radius 2 is 2.00 bits per heavy atom. The predicted octanol–water partition coefficient (Wildman–Crippen LogP) is 4.48. The van der Waals surface area contributed by atoms with E-state index in [0.717, 1.165) is 43.6 Å². The third-order valence-electron chi connectivity index (χ3n) is 3.28. The zero-order valence-electron chi connectivity index (χ0n) is 12.2.